The van der Waals surface area contributed by atoms with Gasteiger partial charge in [-0.25, -0.2) is 4.99 Å². The minimum absolute atomic E-state index is 0.0952. The Labute approximate surface area is 195 Å². The van der Waals surface area contributed by atoms with E-state index in [0.717, 1.165) is 44.5 Å². The molecule has 0 bridgehead atoms. The highest BCUT2D eigenvalue weighted by molar-refractivity contribution is 6.49. The number of hydrogen-bond donors (Lipinski definition) is 2. The van der Waals surface area contributed by atoms with Crippen molar-refractivity contribution >= 4 is 29.4 Å². The summed E-state index contributed by atoms with van der Waals surface area (Å²) in [5, 5.41) is 8.80. The number of rotatable bonds is 6. The lowest BCUT2D eigenvalue weighted by atomic mass is 9.93. The number of aliphatic imine (C=N–C) groups is 2. The van der Waals surface area contributed by atoms with Gasteiger partial charge in [0.2, 0.25) is 5.91 Å². The van der Waals surface area contributed by atoms with Crippen LogP contribution in [0.5, 0.6) is 5.75 Å². The van der Waals surface area contributed by atoms with E-state index in [1.807, 2.05) is 12.1 Å². The van der Waals surface area contributed by atoms with Gasteiger partial charge in [0.05, 0.1) is 18.0 Å². The molecule has 8 heteroatoms. The van der Waals surface area contributed by atoms with E-state index in [1.165, 1.54) is 25.6 Å². The van der Waals surface area contributed by atoms with Crippen molar-refractivity contribution < 1.29 is 9.53 Å². The molecule has 3 N–H and O–H groups in total. The maximum absolute atomic E-state index is 12.9. The Hall–Kier alpha value is -2.74. The van der Waals surface area contributed by atoms with Crippen LogP contribution in [0.15, 0.2) is 28.2 Å². The molecule has 1 unspecified atom stereocenters. The van der Waals surface area contributed by atoms with E-state index in [-0.39, 0.29) is 17.7 Å². The monoisotopic (exact) mass is 450 g/mol. The summed E-state index contributed by atoms with van der Waals surface area (Å²) in [7, 11) is 0. The van der Waals surface area contributed by atoms with Crippen LogP contribution >= 0.6 is 0 Å². The van der Waals surface area contributed by atoms with Crippen LogP contribution in [0.25, 0.3) is 0 Å². The zero-order chi connectivity index (χ0) is 23.0. The standard InChI is InChI=1S/C25H34N6O2/c1-25(9-10-25)33-18-7-8-20(26)19(13-18)24(27)21-14-22(29-16-28-21)30-11-12-31(23(32)15-30)17-5-3-2-4-6-17/h7-8,13,16-17,22,27H,2-6,9-12,14-15,26H2,1H3. The predicted molar refractivity (Wildman–Crippen MR) is 130 cm³/mol. The molecular weight excluding hydrogens is 416 g/mol. The highest BCUT2D eigenvalue weighted by Gasteiger charge is 2.40. The van der Waals surface area contributed by atoms with Gasteiger partial charge in [0, 0.05) is 36.8 Å². The second-order valence-corrected chi connectivity index (χ2v) is 10.1. The Morgan fingerprint density at radius 3 is 2.73 bits per heavy atom. The van der Waals surface area contributed by atoms with Crippen LogP contribution < -0.4 is 10.5 Å². The molecule has 2 saturated carbocycles. The molecular formula is C25H34N6O2. The van der Waals surface area contributed by atoms with E-state index in [4.69, 9.17) is 15.9 Å². The molecule has 0 spiro atoms. The lowest BCUT2D eigenvalue weighted by molar-refractivity contribution is -0.140. The zero-order valence-electron chi connectivity index (χ0n) is 19.4. The Kier molecular flexibility index (Phi) is 5.95. The maximum atomic E-state index is 12.9. The molecule has 3 fully saturated rings. The molecule has 1 amide bonds. The lowest BCUT2D eigenvalue weighted by Gasteiger charge is -2.42. The quantitative estimate of drug-likeness (QED) is 0.512. The molecule has 1 saturated heterocycles. The van der Waals surface area contributed by atoms with Crippen molar-refractivity contribution in [3.8, 4) is 5.75 Å². The lowest BCUT2D eigenvalue weighted by Crippen LogP contribution is -2.57. The van der Waals surface area contributed by atoms with Gasteiger partial charge in [-0.2, -0.15) is 0 Å². The summed E-state index contributed by atoms with van der Waals surface area (Å²) in [6.07, 6.45) is 9.92. The highest BCUT2D eigenvalue weighted by Crippen LogP contribution is 2.40. The molecule has 33 heavy (non-hydrogen) atoms. The van der Waals surface area contributed by atoms with Gasteiger partial charge < -0.3 is 15.4 Å². The number of nitrogen functional groups attached to an aromatic ring is 1. The van der Waals surface area contributed by atoms with E-state index in [1.54, 1.807) is 6.07 Å². The number of hydrogen-bond acceptors (Lipinski definition) is 7. The largest absolute Gasteiger partial charge is 0.488 e. The average Bonchev–Trinajstić information content (AvgIpc) is 3.57. The first-order valence-corrected chi connectivity index (χ1v) is 12.2. The SMILES string of the molecule is CC1(Oc2ccc(N)c(C(=N)C3=NC=NC(N4CCN(C5CCCCC5)C(=O)C4)C3)c2)CC1. The van der Waals surface area contributed by atoms with Crippen LogP contribution in [0.1, 0.15) is 63.9 Å². The van der Waals surface area contributed by atoms with Gasteiger partial charge in [-0.3, -0.25) is 20.1 Å². The summed E-state index contributed by atoms with van der Waals surface area (Å²) in [6, 6.07) is 5.91. The van der Waals surface area contributed by atoms with Gasteiger partial charge in [0.1, 0.15) is 23.9 Å². The van der Waals surface area contributed by atoms with Crippen LogP contribution in [0.2, 0.25) is 0 Å². The van der Waals surface area contributed by atoms with E-state index in [9.17, 15) is 4.79 Å². The molecule has 4 aliphatic rings. The van der Waals surface area contributed by atoms with E-state index < -0.39 is 0 Å². The molecule has 176 valence electrons. The summed E-state index contributed by atoms with van der Waals surface area (Å²) < 4.78 is 6.07. The molecule has 0 radical (unpaired) electrons. The molecule has 1 atom stereocenters. The van der Waals surface area contributed by atoms with Crippen LogP contribution in [0.4, 0.5) is 5.69 Å². The van der Waals surface area contributed by atoms with Crippen molar-refractivity contribution in [3.05, 3.63) is 23.8 Å². The van der Waals surface area contributed by atoms with Gasteiger partial charge in [0.15, 0.2) is 0 Å². The van der Waals surface area contributed by atoms with Gasteiger partial charge in [-0.05, 0) is 50.8 Å². The van der Waals surface area contributed by atoms with Crippen LogP contribution in [0.3, 0.4) is 0 Å². The number of nitrogens with zero attached hydrogens (tertiary/aromatic N) is 4. The molecule has 8 nitrogen and oxygen atoms in total. The minimum atomic E-state index is -0.179. The number of carbonyl (C=O) groups excluding carboxylic acids is 1. The molecule has 2 aliphatic heterocycles. The number of amides is 1. The first kappa shape index (κ1) is 22.1. The molecule has 2 aliphatic carbocycles. The smallest absolute Gasteiger partial charge is 0.237 e. The summed E-state index contributed by atoms with van der Waals surface area (Å²) in [4.78, 5) is 26.1. The fraction of sp³-hybridized carbons (Fsp3) is 0.600. The number of nitrogens with one attached hydrogen (secondary N) is 1. The summed E-state index contributed by atoms with van der Waals surface area (Å²) >= 11 is 0. The number of piperazine rings is 1. The van der Waals surface area contributed by atoms with E-state index in [2.05, 4.69) is 26.7 Å². The van der Waals surface area contributed by atoms with Crippen LogP contribution in [-0.2, 0) is 4.79 Å². The third-order valence-electron chi connectivity index (χ3n) is 7.45. The van der Waals surface area contributed by atoms with Gasteiger partial charge >= 0.3 is 0 Å². The number of carbonyl (C=O) groups is 1. The molecule has 0 aromatic heterocycles. The zero-order valence-corrected chi connectivity index (χ0v) is 19.4. The third-order valence-corrected chi connectivity index (χ3v) is 7.45. The van der Waals surface area contributed by atoms with Crippen molar-refractivity contribution in [2.45, 2.75) is 76.1 Å². The molecule has 1 aromatic rings. The molecule has 1 aromatic carbocycles. The van der Waals surface area contributed by atoms with Crippen molar-refractivity contribution in [3.63, 3.8) is 0 Å². The molecule has 5 rings (SSSR count). The number of nitrogens with two attached hydrogens (primary N) is 1. The van der Waals surface area contributed by atoms with Crippen molar-refractivity contribution in [1.29, 1.82) is 5.41 Å². The number of benzene rings is 1. The average molecular weight is 451 g/mol. The second-order valence-electron chi connectivity index (χ2n) is 10.1. The first-order chi connectivity index (χ1) is 15.9. The van der Waals surface area contributed by atoms with Crippen LogP contribution in [-0.4, -0.2) is 70.9 Å². The van der Waals surface area contributed by atoms with Crippen molar-refractivity contribution in [1.82, 2.24) is 9.80 Å². The van der Waals surface area contributed by atoms with Gasteiger partial charge in [-0.15, -0.1) is 0 Å². The second kappa shape index (κ2) is 8.89. The van der Waals surface area contributed by atoms with Crippen LogP contribution in [0, 0.1) is 5.41 Å². The Balaban J connectivity index is 1.23. The predicted octanol–water partition coefficient (Wildman–Crippen LogP) is 3.24. The van der Waals surface area contributed by atoms with Gasteiger partial charge in [0.25, 0.3) is 0 Å². The summed E-state index contributed by atoms with van der Waals surface area (Å²) in [6.45, 7) is 4.03. The van der Waals surface area contributed by atoms with Gasteiger partial charge in [-0.1, -0.05) is 19.3 Å². The number of ether oxygens (including phenoxy) is 1. The van der Waals surface area contributed by atoms with E-state index in [0.29, 0.717) is 41.7 Å². The fourth-order valence-electron chi connectivity index (χ4n) is 5.12. The topological polar surface area (TPSA) is 107 Å². The van der Waals surface area contributed by atoms with Crippen molar-refractivity contribution in [2.75, 3.05) is 25.4 Å². The fourth-order valence-corrected chi connectivity index (χ4v) is 5.12. The maximum Gasteiger partial charge on any atom is 0.237 e. The summed E-state index contributed by atoms with van der Waals surface area (Å²) in [5.41, 5.74) is 8.21. The number of anilines is 1. The first-order valence-electron chi connectivity index (χ1n) is 12.2. The van der Waals surface area contributed by atoms with Crippen molar-refractivity contribution in [2.24, 2.45) is 9.98 Å². The molecule has 2 heterocycles. The normalized spacial score (nSPS) is 25.6. The highest BCUT2D eigenvalue weighted by atomic mass is 16.5. The Bertz CT molecular complexity index is 993. The third kappa shape index (κ3) is 4.81. The summed E-state index contributed by atoms with van der Waals surface area (Å²) in [5.74, 6) is 0.931. The minimum Gasteiger partial charge on any atom is -0.488 e. The van der Waals surface area contributed by atoms with E-state index >= 15 is 0 Å². The Morgan fingerprint density at radius 1 is 1.21 bits per heavy atom. The Morgan fingerprint density at radius 2 is 2.00 bits per heavy atom.